The Morgan fingerprint density at radius 2 is 1.82 bits per heavy atom. The number of aryl methyl sites for hydroxylation is 1. The molecule has 0 radical (unpaired) electrons. The molecule has 2 aromatic carbocycles. The first kappa shape index (κ1) is 20.3. The lowest BCUT2D eigenvalue weighted by molar-refractivity contribution is 0.374. The molecule has 3 heteroatoms. The summed E-state index contributed by atoms with van der Waals surface area (Å²) in [7, 11) is 0. The SMILES string of the molecule is CCC(C)(C)NCc1cc(Nc2ccnc3cc(C)ccc23)cc(C(C)C)c1. The maximum atomic E-state index is 4.52. The zero-order chi connectivity index (χ0) is 20.3. The van der Waals surface area contributed by atoms with Gasteiger partial charge in [-0.05, 0) is 74.1 Å². The first-order valence-corrected chi connectivity index (χ1v) is 10.3. The van der Waals surface area contributed by atoms with Gasteiger partial charge in [0.1, 0.15) is 0 Å². The lowest BCUT2D eigenvalue weighted by atomic mass is 9.98. The highest BCUT2D eigenvalue weighted by Crippen LogP contribution is 2.29. The van der Waals surface area contributed by atoms with E-state index in [1.165, 1.54) is 16.7 Å². The van der Waals surface area contributed by atoms with Gasteiger partial charge in [0.05, 0.1) is 5.52 Å². The lowest BCUT2D eigenvalue weighted by Crippen LogP contribution is -2.37. The van der Waals surface area contributed by atoms with Gasteiger partial charge in [0.2, 0.25) is 0 Å². The Morgan fingerprint density at radius 1 is 1.04 bits per heavy atom. The summed E-state index contributed by atoms with van der Waals surface area (Å²) in [6, 6.07) is 15.3. The second kappa shape index (κ2) is 8.32. The van der Waals surface area contributed by atoms with Crippen molar-refractivity contribution in [2.45, 2.75) is 66.0 Å². The molecule has 0 amide bonds. The maximum absolute atomic E-state index is 4.52. The van der Waals surface area contributed by atoms with Gasteiger partial charge in [0.25, 0.3) is 0 Å². The molecule has 2 N–H and O–H groups in total. The van der Waals surface area contributed by atoms with E-state index in [2.05, 4.69) is 99.6 Å². The van der Waals surface area contributed by atoms with E-state index in [9.17, 15) is 0 Å². The summed E-state index contributed by atoms with van der Waals surface area (Å²) in [4.78, 5) is 4.52. The van der Waals surface area contributed by atoms with Crippen molar-refractivity contribution in [3.63, 3.8) is 0 Å². The fourth-order valence-corrected chi connectivity index (χ4v) is 3.21. The van der Waals surface area contributed by atoms with Crippen LogP contribution in [0.15, 0.2) is 48.7 Å². The number of fused-ring (bicyclic) bond motifs is 1. The number of hydrogen-bond acceptors (Lipinski definition) is 3. The quantitative estimate of drug-likeness (QED) is 0.483. The minimum absolute atomic E-state index is 0.139. The molecule has 0 aliphatic carbocycles. The fraction of sp³-hybridized carbons (Fsp3) is 0.400. The van der Waals surface area contributed by atoms with Crippen molar-refractivity contribution in [2.24, 2.45) is 0 Å². The van der Waals surface area contributed by atoms with Crippen LogP contribution in [0.4, 0.5) is 11.4 Å². The molecule has 0 fully saturated rings. The van der Waals surface area contributed by atoms with Crippen molar-refractivity contribution in [1.29, 1.82) is 0 Å². The van der Waals surface area contributed by atoms with Crippen LogP contribution >= 0.6 is 0 Å². The summed E-state index contributed by atoms with van der Waals surface area (Å²) in [6.45, 7) is 14.2. The van der Waals surface area contributed by atoms with Gasteiger partial charge in [-0.15, -0.1) is 0 Å². The van der Waals surface area contributed by atoms with E-state index >= 15 is 0 Å². The zero-order valence-corrected chi connectivity index (χ0v) is 18.1. The van der Waals surface area contributed by atoms with Crippen molar-refractivity contribution in [3.05, 3.63) is 65.4 Å². The average molecular weight is 376 g/mol. The molecule has 0 spiro atoms. The van der Waals surface area contributed by atoms with E-state index in [4.69, 9.17) is 0 Å². The van der Waals surface area contributed by atoms with E-state index < -0.39 is 0 Å². The third-order valence-corrected chi connectivity index (χ3v) is 5.51. The Bertz CT molecular complexity index is 957. The van der Waals surface area contributed by atoms with Gasteiger partial charge in [0, 0.05) is 35.0 Å². The standard InChI is InChI=1S/C25H33N3/c1-7-25(5,6)27-16-19-13-20(17(2)3)15-21(14-19)28-23-10-11-26-24-12-18(4)8-9-22(23)24/h8-15,17,27H,7,16H2,1-6H3,(H,26,28). The molecule has 28 heavy (non-hydrogen) atoms. The number of benzene rings is 2. The van der Waals surface area contributed by atoms with Crippen LogP contribution in [0.3, 0.4) is 0 Å². The van der Waals surface area contributed by atoms with Crippen LogP contribution in [-0.2, 0) is 6.54 Å². The summed E-state index contributed by atoms with van der Waals surface area (Å²) < 4.78 is 0. The summed E-state index contributed by atoms with van der Waals surface area (Å²) in [6.07, 6.45) is 2.98. The van der Waals surface area contributed by atoms with E-state index in [-0.39, 0.29) is 5.54 Å². The van der Waals surface area contributed by atoms with Crippen molar-refractivity contribution in [2.75, 3.05) is 5.32 Å². The number of anilines is 2. The van der Waals surface area contributed by atoms with Crippen LogP contribution in [0.5, 0.6) is 0 Å². The molecule has 0 bridgehead atoms. The molecule has 0 aliphatic rings. The number of nitrogens with one attached hydrogen (secondary N) is 2. The van der Waals surface area contributed by atoms with E-state index in [0.717, 1.165) is 35.2 Å². The highest BCUT2D eigenvalue weighted by atomic mass is 14.9. The largest absolute Gasteiger partial charge is 0.355 e. The number of nitrogens with zero attached hydrogens (tertiary/aromatic N) is 1. The van der Waals surface area contributed by atoms with Crippen LogP contribution in [0, 0.1) is 6.92 Å². The summed E-state index contributed by atoms with van der Waals surface area (Å²) in [5, 5.41) is 8.47. The Morgan fingerprint density at radius 3 is 2.54 bits per heavy atom. The molecule has 3 rings (SSSR count). The molecule has 1 heterocycles. The number of aromatic nitrogens is 1. The average Bonchev–Trinajstić information content (AvgIpc) is 2.66. The topological polar surface area (TPSA) is 37.0 Å². The maximum Gasteiger partial charge on any atom is 0.0725 e. The van der Waals surface area contributed by atoms with Gasteiger partial charge in [0.15, 0.2) is 0 Å². The molecule has 148 valence electrons. The van der Waals surface area contributed by atoms with Gasteiger partial charge in [-0.25, -0.2) is 0 Å². The molecule has 0 atom stereocenters. The van der Waals surface area contributed by atoms with Crippen molar-refractivity contribution >= 4 is 22.3 Å². The fourth-order valence-electron chi connectivity index (χ4n) is 3.21. The Balaban J connectivity index is 1.93. The molecule has 1 aromatic heterocycles. The normalized spacial score (nSPS) is 12.0. The third kappa shape index (κ3) is 4.90. The molecular weight excluding hydrogens is 342 g/mol. The van der Waals surface area contributed by atoms with E-state index in [0.29, 0.717) is 5.92 Å². The minimum atomic E-state index is 0.139. The van der Waals surface area contributed by atoms with Crippen LogP contribution < -0.4 is 10.6 Å². The Kier molecular flexibility index (Phi) is 6.04. The molecule has 0 saturated heterocycles. The summed E-state index contributed by atoms with van der Waals surface area (Å²) >= 11 is 0. The molecule has 3 aromatic rings. The van der Waals surface area contributed by atoms with Crippen molar-refractivity contribution in [3.8, 4) is 0 Å². The first-order valence-electron chi connectivity index (χ1n) is 10.3. The van der Waals surface area contributed by atoms with Gasteiger partial charge >= 0.3 is 0 Å². The zero-order valence-electron chi connectivity index (χ0n) is 18.1. The number of hydrogen-bond donors (Lipinski definition) is 2. The highest BCUT2D eigenvalue weighted by Gasteiger charge is 2.14. The second-order valence-electron chi connectivity index (χ2n) is 8.71. The van der Waals surface area contributed by atoms with Crippen molar-refractivity contribution < 1.29 is 0 Å². The molecule has 0 aliphatic heterocycles. The van der Waals surface area contributed by atoms with Gasteiger partial charge in [-0.1, -0.05) is 39.0 Å². The number of pyridine rings is 1. The Hall–Kier alpha value is -2.39. The predicted molar refractivity (Wildman–Crippen MR) is 122 cm³/mol. The minimum Gasteiger partial charge on any atom is -0.355 e. The van der Waals surface area contributed by atoms with Crippen LogP contribution in [0.2, 0.25) is 0 Å². The Labute approximate surface area is 169 Å². The monoisotopic (exact) mass is 375 g/mol. The van der Waals surface area contributed by atoms with Gasteiger partial charge < -0.3 is 10.6 Å². The summed E-state index contributed by atoms with van der Waals surface area (Å²) in [5.41, 5.74) is 7.28. The van der Waals surface area contributed by atoms with Gasteiger partial charge in [-0.2, -0.15) is 0 Å². The smallest absolute Gasteiger partial charge is 0.0725 e. The van der Waals surface area contributed by atoms with Crippen LogP contribution in [-0.4, -0.2) is 10.5 Å². The van der Waals surface area contributed by atoms with E-state index in [1.807, 2.05) is 6.20 Å². The second-order valence-corrected chi connectivity index (χ2v) is 8.71. The molecule has 0 unspecified atom stereocenters. The third-order valence-electron chi connectivity index (χ3n) is 5.51. The van der Waals surface area contributed by atoms with Crippen molar-refractivity contribution in [1.82, 2.24) is 10.3 Å². The highest BCUT2D eigenvalue weighted by molar-refractivity contribution is 5.93. The molecule has 3 nitrogen and oxygen atoms in total. The van der Waals surface area contributed by atoms with Gasteiger partial charge in [-0.3, -0.25) is 4.98 Å². The first-order chi connectivity index (χ1) is 13.3. The lowest BCUT2D eigenvalue weighted by Gasteiger charge is -2.25. The van der Waals surface area contributed by atoms with Crippen LogP contribution in [0.1, 0.15) is 63.6 Å². The predicted octanol–water partition coefficient (Wildman–Crippen LogP) is 6.69. The van der Waals surface area contributed by atoms with E-state index in [1.54, 1.807) is 0 Å². The molecule has 0 saturated carbocycles. The summed E-state index contributed by atoms with van der Waals surface area (Å²) in [5.74, 6) is 0.483. The molecular formula is C25H33N3. The van der Waals surface area contributed by atoms with Crippen LogP contribution in [0.25, 0.3) is 10.9 Å². The number of rotatable bonds is 7.